The van der Waals surface area contributed by atoms with Crippen LogP contribution in [-0.2, 0) is 12.1 Å². The maximum atomic E-state index is 12.2. The Kier molecular flexibility index (Phi) is 9.84. The van der Waals surface area contributed by atoms with E-state index in [9.17, 15) is 19.8 Å². The van der Waals surface area contributed by atoms with Gasteiger partial charge < -0.3 is 15.1 Å². The molecule has 0 bridgehead atoms. The molecule has 0 aliphatic rings. The molecule has 262 valence electrons. The number of aromatic carboxylic acids is 2. The van der Waals surface area contributed by atoms with Crippen molar-refractivity contribution < 1.29 is 19.8 Å². The van der Waals surface area contributed by atoms with Crippen LogP contribution >= 0.6 is 0 Å². The molecule has 0 spiro atoms. The predicted octanol–water partition coefficient (Wildman–Crippen LogP) is 8.06. The summed E-state index contributed by atoms with van der Waals surface area (Å²) in [5.41, 5.74) is 5.06. The third-order valence-corrected chi connectivity index (χ3v) is 9.34. The summed E-state index contributed by atoms with van der Waals surface area (Å²) in [6, 6.07) is 48.0. The zero-order valence-corrected chi connectivity index (χ0v) is 28.9. The molecule has 0 saturated heterocycles. The van der Waals surface area contributed by atoms with Crippen molar-refractivity contribution in [3.63, 3.8) is 0 Å². The van der Waals surface area contributed by atoms with Crippen molar-refractivity contribution in [2.45, 2.75) is 25.4 Å². The molecule has 10 nitrogen and oxygen atoms in total. The Labute approximate surface area is 306 Å². The third kappa shape index (κ3) is 6.54. The highest BCUT2D eigenvalue weighted by Gasteiger charge is 2.42. The standard InChI is InChI=1S/C43H36N6O4/c1-2-28-48(40-38(42(52)53)37(41(50)51)26-27-44-40)29-30-22-24-31(25-23-30)35-20-12-13-21-36(35)39-45-46-47-49(39)43(32-14-6-3-7-15-32,33-16-8-4-9-17-33)34-18-10-5-11-19-34/h3-27H,2,28-29H2,1H3,(H,50,51)(H,52,53). The lowest BCUT2D eigenvalue weighted by atomic mass is 9.77. The molecule has 0 aliphatic carbocycles. The van der Waals surface area contributed by atoms with Gasteiger partial charge in [0.15, 0.2) is 5.82 Å². The first kappa shape index (κ1) is 34.5. The van der Waals surface area contributed by atoms with Crippen molar-refractivity contribution in [1.82, 2.24) is 25.2 Å². The molecular formula is C43H36N6O4. The van der Waals surface area contributed by atoms with Crippen LogP contribution in [-0.4, -0.2) is 53.9 Å². The van der Waals surface area contributed by atoms with Gasteiger partial charge in [0.25, 0.3) is 0 Å². The maximum absolute atomic E-state index is 12.2. The van der Waals surface area contributed by atoms with Gasteiger partial charge in [0.1, 0.15) is 16.9 Å². The van der Waals surface area contributed by atoms with E-state index < -0.39 is 17.5 Å². The minimum atomic E-state index is -1.34. The fourth-order valence-corrected chi connectivity index (χ4v) is 7.04. The highest BCUT2D eigenvalue weighted by atomic mass is 16.4. The van der Waals surface area contributed by atoms with Gasteiger partial charge in [-0.15, -0.1) is 5.10 Å². The summed E-state index contributed by atoms with van der Waals surface area (Å²) in [6.07, 6.45) is 2.04. The summed E-state index contributed by atoms with van der Waals surface area (Å²) in [7, 11) is 0. The molecule has 0 amide bonds. The number of anilines is 1. The second-order valence-corrected chi connectivity index (χ2v) is 12.6. The van der Waals surface area contributed by atoms with Gasteiger partial charge >= 0.3 is 11.9 Å². The molecule has 10 heteroatoms. The van der Waals surface area contributed by atoms with Crippen molar-refractivity contribution >= 4 is 17.8 Å². The summed E-state index contributed by atoms with van der Waals surface area (Å²) >= 11 is 0. The van der Waals surface area contributed by atoms with Gasteiger partial charge in [-0.3, -0.25) is 0 Å². The van der Waals surface area contributed by atoms with Crippen molar-refractivity contribution in [2.75, 3.05) is 11.4 Å². The van der Waals surface area contributed by atoms with E-state index >= 15 is 0 Å². The van der Waals surface area contributed by atoms with Gasteiger partial charge in [-0.05, 0) is 56.3 Å². The number of carboxylic acid groups (broad SMARTS) is 2. The Morgan fingerprint density at radius 2 is 1.23 bits per heavy atom. The van der Waals surface area contributed by atoms with Crippen LogP contribution in [0.4, 0.5) is 5.82 Å². The van der Waals surface area contributed by atoms with Crippen LogP contribution in [0.5, 0.6) is 0 Å². The number of hydrogen-bond donors (Lipinski definition) is 2. The molecule has 0 unspecified atom stereocenters. The first-order chi connectivity index (χ1) is 25.9. The van der Waals surface area contributed by atoms with E-state index in [1.165, 1.54) is 12.3 Å². The Bertz CT molecular complexity index is 2250. The van der Waals surface area contributed by atoms with Crippen LogP contribution in [0.15, 0.2) is 152 Å². The van der Waals surface area contributed by atoms with Gasteiger partial charge in [0.2, 0.25) is 0 Å². The van der Waals surface area contributed by atoms with Crippen LogP contribution in [0.1, 0.15) is 56.3 Å². The van der Waals surface area contributed by atoms with Crippen LogP contribution in [0.3, 0.4) is 0 Å². The average molecular weight is 701 g/mol. The summed E-state index contributed by atoms with van der Waals surface area (Å²) in [5, 5.41) is 33.3. The second kappa shape index (κ2) is 15.1. The molecule has 53 heavy (non-hydrogen) atoms. The van der Waals surface area contributed by atoms with E-state index in [0.29, 0.717) is 25.3 Å². The first-order valence-corrected chi connectivity index (χ1v) is 17.3. The van der Waals surface area contributed by atoms with Crippen LogP contribution in [0.25, 0.3) is 22.5 Å². The average Bonchev–Trinajstić information content (AvgIpc) is 3.69. The molecule has 0 radical (unpaired) electrons. The van der Waals surface area contributed by atoms with Gasteiger partial charge in [0, 0.05) is 24.8 Å². The molecule has 7 aromatic rings. The monoisotopic (exact) mass is 700 g/mol. The second-order valence-electron chi connectivity index (χ2n) is 12.6. The number of rotatable bonds is 13. The van der Waals surface area contributed by atoms with Crippen LogP contribution in [0.2, 0.25) is 0 Å². The number of aromatic nitrogens is 5. The summed E-state index contributed by atoms with van der Waals surface area (Å²) in [4.78, 5) is 30.2. The molecule has 2 aromatic heterocycles. The predicted molar refractivity (Wildman–Crippen MR) is 203 cm³/mol. The van der Waals surface area contributed by atoms with E-state index in [-0.39, 0.29) is 16.9 Å². The number of benzene rings is 5. The number of pyridine rings is 1. The molecule has 2 heterocycles. The molecular weight excluding hydrogens is 665 g/mol. The van der Waals surface area contributed by atoms with E-state index in [1.54, 1.807) is 0 Å². The highest BCUT2D eigenvalue weighted by Crippen LogP contribution is 2.43. The molecule has 2 N–H and O–H groups in total. The fourth-order valence-electron chi connectivity index (χ4n) is 7.04. The molecule has 0 aliphatic heterocycles. The van der Waals surface area contributed by atoms with Crippen molar-refractivity contribution in [2.24, 2.45) is 0 Å². The Morgan fingerprint density at radius 1 is 0.679 bits per heavy atom. The Morgan fingerprint density at radius 3 is 1.75 bits per heavy atom. The number of hydrogen-bond acceptors (Lipinski definition) is 7. The number of carbonyl (C=O) groups is 2. The lowest BCUT2D eigenvalue weighted by Crippen LogP contribution is -2.39. The number of tetrazole rings is 1. The van der Waals surface area contributed by atoms with Crippen molar-refractivity contribution in [3.8, 4) is 22.5 Å². The van der Waals surface area contributed by atoms with Gasteiger partial charge in [-0.2, -0.15) is 0 Å². The van der Waals surface area contributed by atoms with Crippen molar-refractivity contribution in [3.05, 3.63) is 185 Å². The highest BCUT2D eigenvalue weighted by molar-refractivity contribution is 6.05. The van der Waals surface area contributed by atoms with Gasteiger partial charge in [-0.25, -0.2) is 19.3 Å². The maximum Gasteiger partial charge on any atom is 0.340 e. The fraction of sp³-hybridized carbons (Fsp3) is 0.116. The van der Waals surface area contributed by atoms with E-state index in [0.717, 1.165) is 38.9 Å². The van der Waals surface area contributed by atoms with Gasteiger partial charge in [0.05, 0.1) is 5.56 Å². The number of nitrogens with zero attached hydrogens (tertiary/aromatic N) is 6. The molecule has 0 fully saturated rings. The lowest BCUT2D eigenvalue weighted by Gasteiger charge is -2.36. The van der Waals surface area contributed by atoms with Crippen molar-refractivity contribution in [1.29, 1.82) is 0 Å². The molecule has 0 saturated carbocycles. The minimum absolute atomic E-state index is 0.124. The quantitative estimate of drug-likeness (QED) is 0.115. The zero-order chi connectivity index (χ0) is 36.8. The van der Waals surface area contributed by atoms with Gasteiger partial charge in [-0.1, -0.05) is 146 Å². The summed E-state index contributed by atoms with van der Waals surface area (Å²) in [6.45, 7) is 2.79. The SMILES string of the molecule is CCCN(Cc1ccc(-c2ccccc2-c2nnnn2C(c2ccccc2)(c2ccccc2)c2ccccc2)cc1)c1nccc(C(=O)O)c1C(=O)O. The normalized spacial score (nSPS) is 11.3. The first-order valence-electron chi connectivity index (χ1n) is 17.3. The third-order valence-electron chi connectivity index (χ3n) is 9.34. The topological polar surface area (TPSA) is 134 Å². The van der Waals surface area contributed by atoms with Crippen LogP contribution in [0, 0.1) is 0 Å². The smallest absolute Gasteiger partial charge is 0.340 e. The van der Waals surface area contributed by atoms with E-state index in [1.807, 2.05) is 120 Å². The van der Waals surface area contributed by atoms with E-state index in [4.69, 9.17) is 5.21 Å². The molecule has 5 aromatic carbocycles. The Hall–Kier alpha value is -6.94. The Balaban J connectivity index is 1.31. The lowest BCUT2D eigenvalue weighted by molar-refractivity contribution is 0.0651. The number of carboxylic acids is 2. The van der Waals surface area contributed by atoms with Crippen LogP contribution < -0.4 is 4.90 Å². The summed E-state index contributed by atoms with van der Waals surface area (Å²) < 4.78 is 1.92. The largest absolute Gasteiger partial charge is 0.478 e. The summed E-state index contributed by atoms with van der Waals surface area (Å²) in [5.74, 6) is -1.94. The zero-order valence-electron chi connectivity index (χ0n) is 28.9. The minimum Gasteiger partial charge on any atom is -0.478 e. The van der Waals surface area contributed by atoms with E-state index in [2.05, 4.69) is 51.7 Å². The molecule has 0 atom stereocenters. The molecule has 7 rings (SSSR count).